The molecule has 0 saturated heterocycles. The van der Waals surface area contributed by atoms with Gasteiger partial charge in [0.05, 0.1) is 18.5 Å². The first kappa shape index (κ1) is 27.9. The van der Waals surface area contributed by atoms with E-state index in [9.17, 15) is 13.6 Å². The van der Waals surface area contributed by atoms with E-state index in [0.29, 0.717) is 34.5 Å². The van der Waals surface area contributed by atoms with Crippen molar-refractivity contribution in [3.8, 4) is 17.4 Å². The molecule has 0 aliphatic heterocycles. The van der Waals surface area contributed by atoms with E-state index in [-0.39, 0.29) is 11.2 Å². The Morgan fingerprint density at radius 3 is 2.35 bits per heavy atom. The van der Waals surface area contributed by atoms with Crippen molar-refractivity contribution in [2.75, 3.05) is 42.0 Å². The Hall–Kier alpha value is -3.70. The Morgan fingerprint density at radius 1 is 1.08 bits per heavy atom. The van der Waals surface area contributed by atoms with Gasteiger partial charge in [0.2, 0.25) is 11.8 Å². The molecular weight excluding hydrogens is 494 g/mol. The van der Waals surface area contributed by atoms with E-state index in [1.807, 2.05) is 27.7 Å². The van der Waals surface area contributed by atoms with Crippen LogP contribution in [0.25, 0.3) is 0 Å². The molecule has 3 aromatic rings. The van der Waals surface area contributed by atoms with Gasteiger partial charge in [-0.25, -0.2) is 4.98 Å². The number of aromatic nitrogens is 2. The Balaban J connectivity index is 1.99. The average molecular weight is 530 g/mol. The second-order valence-corrected chi connectivity index (χ2v) is 14.0. The van der Waals surface area contributed by atoms with Crippen molar-refractivity contribution in [1.82, 2.24) is 9.97 Å². The van der Waals surface area contributed by atoms with Gasteiger partial charge in [0.15, 0.2) is 5.75 Å². The molecule has 0 atom stereocenters. The van der Waals surface area contributed by atoms with Crippen molar-refractivity contribution >= 4 is 32.8 Å². The monoisotopic (exact) mass is 529 g/mol. The standard InChI is InChI=1S/C26H35N5O5S/c1-16-9-10-17(13-21(16)36-22-11-12-28-25(27-5)30-22)24(32)29-19-14-18(26(2,3)4)15-20(23(19)35-6)31-37(7,8,33)34/h9-15H,1-8H3,(H,29,32)(H,27,28,30)(H2,31,33,34). The maximum absolute atomic E-state index is 13.3. The summed E-state index contributed by atoms with van der Waals surface area (Å²) in [5, 5.41) is 5.75. The number of rotatable bonds is 8. The molecule has 3 rings (SSSR count). The Kier molecular flexibility index (Phi) is 7.52. The molecular formula is C26H35N5O5S. The van der Waals surface area contributed by atoms with Crippen molar-refractivity contribution in [3.63, 3.8) is 0 Å². The highest BCUT2D eigenvalue weighted by molar-refractivity contribution is 8.15. The molecule has 1 aromatic heterocycles. The van der Waals surface area contributed by atoms with E-state index in [1.54, 1.807) is 49.6 Å². The molecule has 0 aliphatic rings. The summed E-state index contributed by atoms with van der Waals surface area (Å²) < 4.78 is 37.2. The summed E-state index contributed by atoms with van der Waals surface area (Å²) in [6.07, 6.45) is 4.00. The van der Waals surface area contributed by atoms with Gasteiger partial charge in [-0.2, -0.15) is 9.19 Å². The number of carbonyl (C=O) groups excluding carboxylic acids is 1. The van der Waals surface area contributed by atoms with Crippen LogP contribution < -0.4 is 24.8 Å². The second kappa shape index (κ2) is 9.98. The van der Waals surface area contributed by atoms with Crippen molar-refractivity contribution in [2.45, 2.75) is 33.1 Å². The fourth-order valence-electron chi connectivity index (χ4n) is 3.44. The number of amides is 1. The quantitative estimate of drug-likeness (QED) is 0.318. The number of carbonyl (C=O) groups is 1. The van der Waals surface area contributed by atoms with Gasteiger partial charge in [-0.05, 0) is 47.7 Å². The first-order chi connectivity index (χ1) is 17.1. The SMILES string of the molecule is CNc1nccc(Oc2cc(C(=O)Nc3cc(C(C)(C)C)cc(NS(C)(C)(=O)O)c3OC)ccc2C)n1. The third-order valence-electron chi connectivity index (χ3n) is 5.33. The molecule has 11 heteroatoms. The lowest BCUT2D eigenvalue weighted by Crippen LogP contribution is -2.37. The molecule has 200 valence electrons. The van der Waals surface area contributed by atoms with E-state index < -0.39 is 15.4 Å². The van der Waals surface area contributed by atoms with Crippen LogP contribution in [0.2, 0.25) is 0 Å². The Morgan fingerprint density at radius 2 is 1.76 bits per heavy atom. The molecule has 0 unspecified atom stereocenters. The van der Waals surface area contributed by atoms with Crippen LogP contribution in [0.3, 0.4) is 0 Å². The minimum Gasteiger partial charge on any atom is -0.492 e. The van der Waals surface area contributed by atoms with Crippen LogP contribution >= 0.6 is 0 Å². The first-order valence-electron chi connectivity index (χ1n) is 11.5. The predicted molar refractivity (Wildman–Crippen MR) is 149 cm³/mol. The number of nitrogens with one attached hydrogen (secondary N) is 3. The lowest BCUT2D eigenvalue weighted by molar-refractivity contribution is 0.102. The molecule has 1 heterocycles. The van der Waals surface area contributed by atoms with E-state index in [4.69, 9.17) is 9.47 Å². The number of anilines is 3. The van der Waals surface area contributed by atoms with Gasteiger partial charge in [-0.15, -0.1) is 9.53 Å². The van der Waals surface area contributed by atoms with Crippen LogP contribution in [0, 0.1) is 6.92 Å². The van der Waals surface area contributed by atoms with Gasteiger partial charge < -0.3 is 20.1 Å². The van der Waals surface area contributed by atoms with Gasteiger partial charge in [-0.1, -0.05) is 26.8 Å². The molecule has 0 bridgehead atoms. The predicted octanol–water partition coefficient (Wildman–Crippen LogP) is 5.06. The van der Waals surface area contributed by atoms with Crippen LogP contribution in [0.15, 0.2) is 42.6 Å². The Labute approximate surface area is 217 Å². The number of hydrogen-bond donors (Lipinski definition) is 4. The van der Waals surface area contributed by atoms with Gasteiger partial charge in [0, 0.05) is 37.4 Å². The van der Waals surface area contributed by atoms with Crippen LogP contribution in [-0.2, 0) is 14.9 Å². The zero-order chi connectivity index (χ0) is 27.6. The minimum absolute atomic E-state index is 0.238. The van der Waals surface area contributed by atoms with Crippen LogP contribution in [0.4, 0.5) is 17.3 Å². The normalized spacial score (nSPS) is 12.7. The molecule has 37 heavy (non-hydrogen) atoms. The van der Waals surface area contributed by atoms with E-state index in [2.05, 4.69) is 25.3 Å². The fraction of sp³-hybridized carbons (Fsp3) is 0.346. The highest BCUT2D eigenvalue weighted by atomic mass is 32.3. The lowest BCUT2D eigenvalue weighted by atomic mass is 9.86. The van der Waals surface area contributed by atoms with Crippen molar-refractivity contribution in [3.05, 3.63) is 59.3 Å². The van der Waals surface area contributed by atoms with Gasteiger partial charge >= 0.3 is 0 Å². The smallest absolute Gasteiger partial charge is 0.255 e. The number of methoxy groups -OCH3 is 1. The molecule has 4 N–H and O–H groups in total. The molecule has 0 spiro atoms. The van der Waals surface area contributed by atoms with Crippen molar-refractivity contribution in [1.29, 1.82) is 0 Å². The zero-order valence-electron chi connectivity index (χ0n) is 22.4. The van der Waals surface area contributed by atoms with E-state index in [0.717, 1.165) is 11.1 Å². The van der Waals surface area contributed by atoms with Crippen molar-refractivity contribution < 1.29 is 23.0 Å². The third-order valence-corrected chi connectivity index (χ3v) is 6.13. The van der Waals surface area contributed by atoms with E-state index in [1.165, 1.54) is 19.6 Å². The highest BCUT2D eigenvalue weighted by Crippen LogP contribution is 2.40. The maximum Gasteiger partial charge on any atom is 0.255 e. The highest BCUT2D eigenvalue weighted by Gasteiger charge is 2.24. The summed E-state index contributed by atoms with van der Waals surface area (Å²) in [6, 6.07) is 10.3. The number of aryl methyl sites for hydroxylation is 1. The summed E-state index contributed by atoms with van der Waals surface area (Å²) in [5.41, 5.74) is 2.33. The Bertz CT molecular complexity index is 1380. The van der Waals surface area contributed by atoms with Crippen LogP contribution in [-0.4, -0.2) is 51.3 Å². The summed E-state index contributed by atoms with van der Waals surface area (Å²) in [6.45, 7) is 7.88. The summed E-state index contributed by atoms with van der Waals surface area (Å²) >= 11 is 0. The summed E-state index contributed by atoms with van der Waals surface area (Å²) in [4.78, 5) is 21.7. The third kappa shape index (κ3) is 7.40. The zero-order valence-corrected chi connectivity index (χ0v) is 23.2. The second-order valence-electron chi connectivity index (χ2n) is 10.2. The van der Waals surface area contributed by atoms with Crippen LogP contribution in [0.5, 0.6) is 17.4 Å². The molecule has 1 amide bonds. The molecule has 0 saturated carbocycles. The minimum atomic E-state index is -4.15. The molecule has 10 nitrogen and oxygen atoms in total. The molecule has 2 aromatic carbocycles. The number of hydrogen-bond acceptors (Lipinski definition) is 7. The summed E-state index contributed by atoms with van der Waals surface area (Å²) in [7, 11) is -1.00. The van der Waals surface area contributed by atoms with Crippen LogP contribution in [0.1, 0.15) is 42.3 Å². The number of nitrogens with zero attached hydrogens (tertiary/aromatic N) is 2. The van der Waals surface area contributed by atoms with Crippen molar-refractivity contribution in [2.24, 2.45) is 0 Å². The summed E-state index contributed by atoms with van der Waals surface area (Å²) in [5.74, 6) is 1.03. The maximum atomic E-state index is 13.3. The largest absolute Gasteiger partial charge is 0.492 e. The molecule has 0 radical (unpaired) electrons. The molecule has 0 fully saturated rings. The number of benzene rings is 2. The molecule has 0 aliphatic carbocycles. The fourth-order valence-corrected chi connectivity index (χ4v) is 4.22. The van der Waals surface area contributed by atoms with Gasteiger partial charge in [0.25, 0.3) is 5.91 Å². The van der Waals surface area contributed by atoms with Gasteiger partial charge in [0.1, 0.15) is 5.75 Å². The van der Waals surface area contributed by atoms with Gasteiger partial charge in [-0.3, -0.25) is 14.1 Å². The lowest BCUT2D eigenvalue weighted by Gasteiger charge is -2.37. The van der Waals surface area contributed by atoms with E-state index >= 15 is 0 Å². The number of ether oxygens (including phenoxy) is 2. The average Bonchev–Trinajstić information content (AvgIpc) is 2.78. The topological polar surface area (TPSA) is 135 Å². The first-order valence-corrected chi connectivity index (χ1v) is 14.3.